The summed E-state index contributed by atoms with van der Waals surface area (Å²) in [6.45, 7) is 7.13. The summed E-state index contributed by atoms with van der Waals surface area (Å²) in [7, 11) is 2.10. The van der Waals surface area contributed by atoms with E-state index in [2.05, 4.69) is 33.1 Å². The minimum atomic E-state index is 0.786. The van der Waals surface area contributed by atoms with E-state index in [-0.39, 0.29) is 0 Å². The van der Waals surface area contributed by atoms with Gasteiger partial charge in [-0.1, -0.05) is 20.8 Å². The maximum atomic E-state index is 3.41. The summed E-state index contributed by atoms with van der Waals surface area (Å²) >= 11 is 0. The average Bonchev–Trinajstić information content (AvgIpc) is 2.05. The molecule has 0 saturated heterocycles. The molecule has 1 aliphatic carbocycles. The normalized spacial score (nSPS) is 37.2. The number of rotatable bonds is 2. The number of hydrogen-bond acceptors (Lipinski definition) is 1. The van der Waals surface area contributed by atoms with Crippen molar-refractivity contribution in [3.8, 4) is 0 Å². The van der Waals surface area contributed by atoms with Crippen LogP contribution in [0.1, 0.15) is 40.0 Å². The van der Waals surface area contributed by atoms with Crippen molar-refractivity contribution in [1.29, 1.82) is 0 Å². The molecule has 1 N–H and O–H groups in total. The lowest BCUT2D eigenvalue weighted by Gasteiger charge is -2.36. The Hall–Kier alpha value is -0.0400. The molecule has 1 aliphatic rings. The lowest BCUT2D eigenvalue weighted by molar-refractivity contribution is 0.166. The van der Waals surface area contributed by atoms with Gasteiger partial charge in [0.1, 0.15) is 0 Å². The van der Waals surface area contributed by atoms with Gasteiger partial charge in [0.25, 0.3) is 0 Å². The molecule has 72 valence electrons. The quantitative estimate of drug-likeness (QED) is 0.670. The van der Waals surface area contributed by atoms with Gasteiger partial charge < -0.3 is 5.32 Å². The Bertz CT molecular complexity index is 131. The molecule has 0 spiro atoms. The summed E-state index contributed by atoms with van der Waals surface area (Å²) in [5, 5.41) is 3.41. The van der Waals surface area contributed by atoms with Crippen LogP contribution in [0.5, 0.6) is 0 Å². The van der Waals surface area contributed by atoms with Crippen LogP contribution in [0.25, 0.3) is 0 Å². The van der Waals surface area contributed by atoms with Gasteiger partial charge in [0.2, 0.25) is 0 Å². The Morgan fingerprint density at radius 3 is 2.42 bits per heavy atom. The average molecular weight is 169 g/mol. The number of nitrogens with one attached hydrogen (secondary N) is 1. The summed E-state index contributed by atoms with van der Waals surface area (Å²) in [6.07, 6.45) is 4.17. The minimum absolute atomic E-state index is 0.786. The van der Waals surface area contributed by atoms with Crippen LogP contribution in [0.15, 0.2) is 0 Å². The van der Waals surface area contributed by atoms with Gasteiger partial charge in [0.15, 0.2) is 0 Å². The molecule has 3 unspecified atom stereocenters. The summed E-state index contributed by atoms with van der Waals surface area (Å²) in [6, 6.07) is 0.786. The van der Waals surface area contributed by atoms with Crippen molar-refractivity contribution in [1.82, 2.24) is 5.32 Å². The zero-order chi connectivity index (χ0) is 9.14. The molecule has 0 amide bonds. The van der Waals surface area contributed by atoms with Crippen LogP contribution >= 0.6 is 0 Å². The zero-order valence-corrected chi connectivity index (χ0v) is 8.93. The van der Waals surface area contributed by atoms with E-state index in [1.54, 1.807) is 0 Å². The summed E-state index contributed by atoms with van der Waals surface area (Å²) in [4.78, 5) is 0. The molecule has 1 saturated carbocycles. The van der Waals surface area contributed by atoms with Crippen LogP contribution in [-0.4, -0.2) is 13.1 Å². The first-order valence-corrected chi connectivity index (χ1v) is 5.32. The lowest BCUT2D eigenvalue weighted by Crippen LogP contribution is -2.36. The largest absolute Gasteiger partial charge is 0.317 e. The highest BCUT2D eigenvalue weighted by molar-refractivity contribution is 4.82. The fraction of sp³-hybridized carbons (Fsp3) is 1.00. The molecule has 1 rings (SSSR count). The predicted molar refractivity (Wildman–Crippen MR) is 54.2 cm³/mol. The Kier molecular flexibility index (Phi) is 3.57. The van der Waals surface area contributed by atoms with E-state index in [0.29, 0.717) is 0 Å². The third-order valence-electron chi connectivity index (χ3n) is 3.52. The fourth-order valence-corrected chi connectivity index (χ4v) is 2.55. The molecular weight excluding hydrogens is 146 g/mol. The highest BCUT2D eigenvalue weighted by Gasteiger charge is 2.28. The maximum absolute atomic E-state index is 3.41. The van der Waals surface area contributed by atoms with Crippen molar-refractivity contribution in [3.63, 3.8) is 0 Å². The molecule has 0 heterocycles. The second-order valence-electron chi connectivity index (χ2n) is 4.68. The van der Waals surface area contributed by atoms with Crippen molar-refractivity contribution in [3.05, 3.63) is 0 Å². The lowest BCUT2D eigenvalue weighted by atomic mass is 9.72. The van der Waals surface area contributed by atoms with Crippen molar-refractivity contribution in [2.45, 2.75) is 46.1 Å². The summed E-state index contributed by atoms with van der Waals surface area (Å²) in [5.74, 6) is 2.74. The van der Waals surface area contributed by atoms with Crippen LogP contribution in [0.4, 0.5) is 0 Å². The Morgan fingerprint density at radius 1 is 1.25 bits per heavy atom. The van der Waals surface area contributed by atoms with Gasteiger partial charge in [-0.15, -0.1) is 0 Å². The second kappa shape index (κ2) is 4.27. The van der Waals surface area contributed by atoms with Gasteiger partial charge in [-0.05, 0) is 44.1 Å². The number of hydrogen-bond donors (Lipinski definition) is 1. The first kappa shape index (κ1) is 10.0. The van der Waals surface area contributed by atoms with Crippen LogP contribution in [-0.2, 0) is 0 Å². The van der Waals surface area contributed by atoms with Crippen LogP contribution in [0.3, 0.4) is 0 Å². The second-order valence-corrected chi connectivity index (χ2v) is 4.68. The molecule has 1 nitrogen and oxygen atoms in total. The van der Waals surface area contributed by atoms with Crippen LogP contribution in [0.2, 0.25) is 0 Å². The zero-order valence-electron chi connectivity index (χ0n) is 8.93. The molecule has 12 heavy (non-hydrogen) atoms. The molecule has 0 aliphatic heterocycles. The van der Waals surface area contributed by atoms with E-state index in [1.165, 1.54) is 19.3 Å². The Morgan fingerprint density at radius 2 is 1.92 bits per heavy atom. The first-order valence-electron chi connectivity index (χ1n) is 5.32. The van der Waals surface area contributed by atoms with E-state index < -0.39 is 0 Å². The molecule has 1 fully saturated rings. The third kappa shape index (κ3) is 2.22. The molecular formula is C11H23N. The fourth-order valence-electron chi connectivity index (χ4n) is 2.55. The Balaban J connectivity index is 2.47. The van der Waals surface area contributed by atoms with Gasteiger partial charge in [-0.25, -0.2) is 0 Å². The SMILES string of the molecule is CNC1CCC(C)C(C(C)C)C1. The smallest absolute Gasteiger partial charge is 0.00670 e. The van der Waals surface area contributed by atoms with Crippen molar-refractivity contribution >= 4 is 0 Å². The van der Waals surface area contributed by atoms with Gasteiger partial charge in [-0.3, -0.25) is 0 Å². The molecule has 0 aromatic carbocycles. The first-order chi connectivity index (χ1) is 5.65. The highest BCUT2D eigenvalue weighted by Crippen LogP contribution is 2.34. The molecule has 0 aromatic heterocycles. The molecule has 1 heteroatoms. The van der Waals surface area contributed by atoms with E-state index in [4.69, 9.17) is 0 Å². The van der Waals surface area contributed by atoms with Crippen LogP contribution < -0.4 is 5.32 Å². The van der Waals surface area contributed by atoms with Crippen molar-refractivity contribution < 1.29 is 0 Å². The van der Waals surface area contributed by atoms with Gasteiger partial charge in [0, 0.05) is 6.04 Å². The molecule has 0 aromatic rings. The molecule has 3 atom stereocenters. The van der Waals surface area contributed by atoms with E-state index in [1.807, 2.05) is 0 Å². The monoisotopic (exact) mass is 169 g/mol. The standard InChI is InChI=1S/C11H23N/c1-8(2)11-7-10(12-4)6-5-9(11)3/h8-12H,5-7H2,1-4H3. The summed E-state index contributed by atoms with van der Waals surface area (Å²) < 4.78 is 0. The molecule has 0 bridgehead atoms. The summed E-state index contributed by atoms with van der Waals surface area (Å²) in [5.41, 5.74) is 0. The van der Waals surface area contributed by atoms with E-state index in [0.717, 1.165) is 23.8 Å². The van der Waals surface area contributed by atoms with Crippen LogP contribution in [0, 0.1) is 17.8 Å². The highest BCUT2D eigenvalue weighted by atomic mass is 14.9. The molecule has 0 radical (unpaired) electrons. The topological polar surface area (TPSA) is 12.0 Å². The van der Waals surface area contributed by atoms with Gasteiger partial charge in [0.05, 0.1) is 0 Å². The Labute approximate surface area is 76.9 Å². The van der Waals surface area contributed by atoms with Crippen molar-refractivity contribution in [2.24, 2.45) is 17.8 Å². The maximum Gasteiger partial charge on any atom is 0.00670 e. The van der Waals surface area contributed by atoms with Crippen molar-refractivity contribution in [2.75, 3.05) is 7.05 Å². The van der Waals surface area contributed by atoms with E-state index in [9.17, 15) is 0 Å². The third-order valence-corrected chi connectivity index (χ3v) is 3.52. The van der Waals surface area contributed by atoms with Gasteiger partial charge in [-0.2, -0.15) is 0 Å². The van der Waals surface area contributed by atoms with E-state index >= 15 is 0 Å². The minimum Gasteiger partial charge on any atom is -0.317 e. The predicted octanol–water partition coefficient (Wildman–Crippen LogP) is 2.67. The van der Waals surface area contributed by atoms with Gasteiger partial charge >= 0.3 is 0 Å².